The Balaban J connectivity index is 1.48. The van der Waals surface area contributed by atoms with Crippen molar-refractivity contribution in [3.05, 3.63) is 0 Å². The third kappa shape index (κ3) is 2.77. The Morgan fingerprint density at radius 2 is 1.60 bits per heavy atom. The second-order valence-electron chi connectivity index (χ2n) is 5.66. The van der Waals surface area contributed by atoms with Gasteiger partial charge in [0.1, 0.15) is 6.04 Å². The van der Waals surface area contributed by atoms with Gasteiger partial charge in [-0.2, -0.15) is 0 Å². The van der Waals surface area contributed by atoms with Crippen LogP contribution in [0.2, 0.25) is 0 Å². The standard InChI is InChI=1S/C13H20N4O3/c18-11-8-14-10(7-15-11)13(20)17-5-3-16(4-6-17)12(19)9-1-2-9/h9-10,14H,1-8H2,(H,15,18). The molecule has 1 atom stereocenters. The Hall–Kier alpha value is -1.63. The molecule has 3 amide bonds. The molecule has 1 unspecified atom stereocenters. The van der Waals surface area contributed by atoms with Gasteiger partial charge >= 0.3 is 0 Å². The normalized spacial score (nSPS) is 27.2. The number of nitrogens with zero attached hydrogens (tertiary/aromatic N) is 2. The Bertz CT molecular complexity index is 417. The summed E-state index contributed by atoms with van der Waals surface area (Å²) in [5.74, 6) is 0.435. The van der Waals surface area contributed by atoms with E-state index < -0.39 is 0 Å². The number of hydrogen-bond donors (Lipinski definition) is 2. The highest BCUT2D eigenvalue weighted by atomic mass is 16.2. The van der Waals surface area contributed by atoms with Crippen LogP contribution in [0.15, 0.2) is 0 Å². The van der Waals surface area contributed by atoms with Gasteiger partial charge in [-0.05, 0) is 12.8 Å². The number of hydrogen-bond acceptors (Lipinski definition) is 4. The van der Waals surface area contributed by atoms with E-state index in [0.29, 0.717) is 32.7 Å². The zero-order chi connectivity index (χ0) is 14.1. The molecule has 0 bridgehead atoms. The first-order chi connectivity index (χ1) is 9.65. The summed E-state index contributed by atoms with van der Waals surface area (Å²) in [6.45, 7) is 2.96. The van der Waals surface area contributed by atoms with Gasteiger partial charge in [0.15, 0.2) is 0 Å². The highest BCUT2D eigenvalue weighted by Crippen LogP contribution is 2.31. The molecule has 0 aromatic heterocycles. The van der Waals surface area contributed by atoms with Crippen molar-refractivity contribution >= 4 is 17.7 Å². The summed E-state index contributed by atoms with van der Waals surface area (Å²) in [6, 6.07) is -0.335. The molecule has 1 aliphatic carbocycles. The maximum absolute atomic E-state index is 12.3. The van der Waals surface area contributed by atoms with E-state index >= 15 is 0 Å². The molecule has 3 aliphatic rings. The number of carbonyl (C=O) groups excluding carboxylic acids is 3. The first-order valence-electron chi connectivity index (χ1n) is 7.23. The van der Waals surface area contributed by atoms with Crippen LogP contribution in [0.5, 0.6) is 0 Å². The Labute approximate surface area is 117 Å². The second kappa shape index (κ2) is 5.40. The van der Waals surface area contributed by atoms with Crippen molar-refractivity contribution in [1.29, 1.82) is 0 Å². The minimum atomic E-state index is -0.335. The molecule has 7 nitrogen and oxygen atoms in total. The summed E-state index contributed by atoms with van der Waals surface area (Å²) in [4.78, 5) is 38.9. The number of nitrogens with one attached hydrogen (secondary N) is 2. The number of piperazine rings is 2. The van der Waals surface area contributed by atoms with Crippen molar-refractivity contribution in [2.24, 2.45) is 5.92 Å². The molecule has 1 saturated carbocycles. The van der Waals surface area contributed by atoms with E-state index in [2.05, 4.69) is 10.6 Å². The largest absolute Gasteiger partial charge is 0.353 e. The number of carbonyl (C=O) groups is 3. The van der Waals surface area contributed by atoms with Crippen LogP contribution in [-0.2, 0) is 14.4 Å². The van der Waals surface area contributed by atoms with Gasteiger partial charge in [-0.15, -0.1) is 0 Å². The Kier molecular flexibility index (Phi) is 3.60. The quantitative estimate of drug-likeness (QED) is 0.622. The van der Waals surface area contributed by atoms with Crippen molar-refractivity contribution in [2.75, 3.05) is 39.3 Å². The molecule has 3 rings (SSSR count). The predicted octanol–water partition coefficient (Wildman–Crippen LogP) is -1.84. The summed E-state index contributed by atoms with van der Waals surface area (Å²) >= 11 is 0. The van der Waals surface area contributed by atoms with Gasteiger partial charge in [0.05, 0.1) is 6.54 Å². The third-order valence-corrected chi connectivity index (χ3v) is 4.14. The SMILES string of the molecule is O=C1CNC(C(=O)N2CCN(C(=O)C3CC3)CC2)CN1. The average Bonchev–Trinajstić information content (AvgIpc) is 3.31. The number of amides is 3. The van der Waals surface area contributed by atoms with Crippen LogP contribution in [0.3, 0.4) is 0 Å². The summed E-state index contributed by atoms with van der Waals surface area (Å²) in [6.07, 6.45) is 2.04. The zero-order valence-electron chi connectivity index (χ0n) is 11.4. The van der Waals surface area contributed by atoms with E-state index in [4.69, 9.17) is 0 Å². The highest BCUT2D eigenvalue weighted by molar-refractivity contribution is 5.87. The zero-order valence-corrected chi connectivity index (χ0v) is 11.4. The van der Waals surface area contributed by atoms with Crippen LogP contribution in [0, 0.1) is 5.92 Å². The van der Waals surface area contributed by atoms with Crippen molar-refractivity contribution in [1.82, 2.24) is 20.4 Å². The molecule has 2 aliphatic heterocycles. The molecule has 110 valence electrons. The first-order valence-corrected chi connectivity index (χ1v) is 7.23. The average molecular weight is 280 g/mol. The van der Waals surface area contributed by atoms with E-state index in [9.17, 15) is 14.4 Å². The van der Waals surface area contributed by atoms with E-state index in [-0.39, 0.29) is 36.2 Å². The van der Waals surface area contributed by atoms with Crippen molar-refractivity contribution in [3.63, 3.8) is 0 Å². The lowest BCUT2D eigenvalue weighted by atomic mass is 10.2. The maximum Gasteiger partial charge on any atom is 0.241 e. The lowest BCUT2D eigenvalue weighted by Gasteiger charge is -2.37. The maximum atomic E-state index is 12.3. The predicted molar refractivity (Wildman–Crippen MR) is 70.7 cm³/mol. The smallest absolute Gasteiger partial charge is 0.241 e. The minimum absolute atomic E-state index is 0.0171. The van der Waals surface area contributed by atoms with Gasteiger partial charge < -0.3 is 15.1 Å². The molecule has 3 fully saturated rings. The lowest BCUT2D eigenvalue weighted by molar-refractivity contribution is -0.142. The van der Waals surface area contributed by atoms with Crippen molar-refractivity contribution in [2.45, 2.75) is 18.9 Å². The first kappa shape index (κ1) is 13.4. The molecule has 0 aromatic rings. The highest BCUT2D eigenvalue weighted by Gasteiger charge is 2.36. The van der Waals surface area contributed by atoms with Crippen LogP contribution in [0.1, 0.15) is 12.8 Å². The van der Waals surface area contributed by atoms with Crippen LogP contribution in [0.25, 0.3) is 0 Å². The monoisotopic (exact) mass is 280 g/mol. The van der Waals surface area contributed by atoms with Gasteiger partial charge in [0.2, 0.25) is 17.7 Å². The van der Waals surface area contributed by atoms with Gasteiger partial charge in [0, 0.05) is 38.6 Å². The summed E-state index contributed by atoms with van der Waals surface area (Å²) in [5.41, 5.74) is 0. The molecular weight excluding hydrogens is 260 g/mol. The third-order valence-electron chi connectivity index (χ3n) is 4.14. The molecule has 0 aromatic carbocycles. The van der Waals surface area contributed by atoms with Gasteiger partial charge in [-0.25, -0.2) is 0 Å². The van der Waals surface area contributed by atoms with Crippen LogP contribution in [0.4, 0.5) is 0 Å². The van der Waals surface area contributed by atoms with E-state index in [1.54, 1.807) is 4.90 Å². The van der Waals surface area contributed by atoms with Crippen LogP contribution in [-0.4, -0.2) is 72.8 Å². The summed E-state index contributed by atoms with van der Waals surface area (Å²) in [7, 11) is 0. The molecule has 20 heavy (non-hydrogen) atoms. The topological polar surface area (TPSA) is 81.8 Å². The molecule has 0 spiro atoms. The van der Waals surface area contributed by atoms with Crippen molar-refractivity contribution in [3.8, 4) is 0 Å². The van der Waals surface area contributed by atoms with Crippen molar-refractivity contribution < 1.29 is 14.4 Å². The molecule has 2 N–H and O–H groups in total. The van der Waals surface area contributed by atoms with E-state index in [1.165, 1.54) is 0 Å². The fraction of sp³-hybridized carbons (Fsp3) is 0.769. The lowest BCUT2D eigenvalue weighted by Crippen LogP contribution is -2.61. The van der Waals surface area contributed by atoms with Gasteiger partial charge in [0.25, 0.3) is 0 Å². The molecule has 2 heterocycles. The molecule has 0 radical (unpaired) electrons. The summed E-state index contributed by atoms with van der Waals surface area (Å²) < 4.78 is 0. The molecular formula is C13H20N4O3. The molecule has 2 saturated heterocycles. The van der Waals surface area contributed by atoms with Crippen LogP contribution >= 0.6 is 0 Å². The fourth-order valence-corrected chi connectivity index (χ4v) is 2.70. The Morgan fingerprint density at radius 1 is 1.00 bits per heavy atom. The fourth-order valence-electron chi connectivity index (χ4n) is 2.70. The summed E-state index contributed by atoms with van der Waals surface area (Å²) in [5, 5.41) is 5.63. The van der Waals surface area contributed by atoms with Crippen LogP contribution < -0.4 is 10.6 Å². The second-order valence-corrected chi connectivity index (χ2v) is 5.66. The van der Waals surface area contributed by atoms with Gasteiger partial charge in [-0.3, -0.25) is 19.7 Å². The molecule has 7 heteroatoms. The minimum Gasteiger partial charge on any atom is -0.353 e. The van der Waals surface area contributed by atoms with E-state index in [0.717, 1.165) is 12.8 Å². The number of rotatable bonds is 2. The Morgan fingerprint density at radius 3 is 2.10 bits per heavy atom. The van der Waals surface area contributed by atoms with Gasteiger partial charge in [-0.1, -0.05) is 0 Å². The van der Waals surface area contributed by atoms with E-state index in [1.807, 2.05) is 4.90 Å².